The topological polar surface area (TPSA) is 29.4 Å². The zero-order valence-electron chi connectivity index (χ0n) is 15.3. The molecule has 0 aliphatic carbocycles. The molecule has 2 heterocycles. The highest BCUT2D eigenvalue weighted by molar-refractivity contribution is 7.80. The van der Waals surface area contributed by atoms with Gasteiger partial charge >= 0.3 is 0 Å². The number of thiocarbonyl (C=S) groups is 1. The molecule has 0 fully saturated rings. The van der Waals surface area contributed by atoms with Crippen molar-refractivity contribution in [1.29, 1.82) is 0 Å². The summed E-state index contributed by atoms with van der Waals surface area (Å²) in [5, 5.41) is 4.22. The lowest BCUT2D eigenvalue weighted by molar-refractivity contribution is 0.285. The number of hydrogen-bond acceptors (Lipinski definition) is 2. The molecule has 1 aromatic heterocycles. The van der Waals surface area contributed by atoms with Crippen LogP contribution in [0.4, 0.5) is 0 Å². The molecular weight excluding hydrogens is 354 g/mol. The standard InChI is InChI=1S/C22H23N3OS/c1-26-19-11-9-18(10-12-19)21-20-8-5-13-24(20)14-15-25(21)22(27)23-16-17-6-3-2-4-7-17/h2-13,21H,14-16H2,1H3,(H,23,27)/t21-/m0/s1. The van der Waals surface area contributed by atoms with Gasteiger partial charge in [0.2, 0.25) is 0 Å². The third kappa shape index (κ3) is 3.69. The molecule has 1 N–H and O–H groups in total. The fraction of sp³-hybridized carbons (Fsp3) is 0.227. The van der Waals surface area contributed by atoms with E-state index in [1.165, 1.54) is 16.8 Å². The number of nitrogens with one attached hydrogen (secondary N) is 1. The van der Waals surface area contributed by atoms with Crippen molar-refractivity contribution in [3.05, 3.63) is 89.7 Å². The number of aromatic nitrogens is 1. The minimum Gasteiger partial charge on any atom is -0.497 e. The van der Waals surface area contributed by atoms with Crippen LogP contribution in [0.5, 0.6) is 5.75 Å². The van der Waals surface area contributed by atoms with Gasteiger partial charge in [0.15, 0.2) is 5.11 Å². The molecule has 0 radical (unpaired) electrons. The van der Waals surface area contributed by atoms with Crippen LogP contribution in [0, 0.1) is 0 Å². The van der Waals surface area contributed by atoms with Crippen molar-refractivity contribution in [2.45, 2.75) is 19.1 Å². The van der Waals surface area contributed by atoms with E-state index < -0.39 is 0 Å². The molecule has 0 unspecified atom stereocenters. The Bertz CT molecular complexity index is 905. The maximum atomic E-state index is 5.78. The molecule has 5 heteroatoms. The average molecular weight is 378 g/mol. The predicted molar refractivity (Wildman–Crippen MR) is 112 cm³/mol. The molecule has 1 atom stereocenters. The number of benzene rings is 2. The number of fused-ring (bicyclic) bond motifs is 1. The van der Waals surface area contributed by atoms with Gasteiger partial charge in [0.1, 0.15) is 5.75 Å². The molecule has 1 aliphatic rings. The van der Waals surface area contributed by atoms with Crippen LogP contribution in [-0.4, -0.2) is 28.2 Å². The summed E-state index contributed by atoms with van der Waals surface area (Å²) >= 11 is 5.78. The lowest BCUT2D eigenvalue weighted by Gasteiger charge is -2.39. The summed E-state index contributed by atoms with van der Waals surface area (Å²) in [6.07, 6.45) is 2.14. The van der Waals surface area contributed by atoms with E-state index in [4.69, 9.17) is 17.0 Å². The van der Waals surface area contributed by atoms with Gasteiger partial charge in [0.25, 0.3) is 0 Å². The Labute approximate surface area is 165 Å². The Morgan fingerprint density at radius 3 is 2.56 bits per heavy atom. The van der Waals surface area contributed by atoms with Gasteiger partial charge in [0, 0.05) is 31.5 Å². The van der Waals surface area contributed by atoms with Gasteiger partial charge in [-0.1, -0.05) is 42.5 Å². The lowest BCUT2D eigenvalue weighted by atomic mass is 10.00. The number of nitrogens with zero attached hydrogens (tertiary/aromatic N) is 2. The van der Waals surface area contributed by atoms with Gasteiger partial charge in [0.05, 0.1) is 13.2 Å². The Morgan fingerprint density at radius 1 is 1.04 bits per heavy atom. The molecule has 27 heavy (non-hydrogen) atoms. The molecule has 1 aliphatic heterocycles. The van der Waals surface area contributed by atoms with Crippen molar-refractivity contribution in [2.24, 2.45) is 0 Å². The van der Waals surface area contributed by atoms with Crippen molar-refractivity contribution in [2.75, 3.05) is 13.7 Å². The summed E-state index contributed by atoms with van der Waals surface area (Å²) in [6.45, 7) is 2.54. The highest BCUT2D eigenvalue weighted by Crippen LogP contribution is 2.33. The number of hydrogen-bond donors (Lipinski definition) is 1. The van der Waals surface area contributed by atoms with E-state index in [9.17, 15) is 0 Å². The monoisotopic (exact) mass is 377 g/mol. The van der Waals surface area contributed by atoms with Crippen LogP contribution in [-0.2, 0) is 13.1 Å². The summed E-state index contributed by atoms with van der Waals surface area (Å²) in [5.41, 5.74) is 3.69. The van der Waals surface area contributed by atoms with Crippen LogP contribution in [0.25, 0.3) is 0 Å². The van der Waals surface area contributed by atoms with Gasteiger partial charge in [-0.25, -0.2) is 0 Å². The number of rotatable bonds is 4. The molecule has 0 saturated carbocycles. The maximum absolute atomic E-state index is 5.78. The second-order valence-corrected chi connectivity index (χ2v) is 7.03. The van der Waals surface area contributed by atoms with Crippen LogP contribution in [0.2, 0.25) is 0 Å². The molecule has 0 saturated heterocycles. The first-order chi connectivity index (χ1) is 13.3. The molecule has 138 valence electrons. The number of ether oxygens (including phenoxy) is 1. The first kappa shape index (κ1) is 17.6. The van der Waals surface area contributed by atoms with Gasteiger partial charge in [-0.05, 0) is 47.6 Å². The first-order valence-corrected chi connectivity index (χ1v) is 9.54. The van der Waals surface area contributed by atoms with Crippen molar-refractivity contribution < 1.29 is 4.74 Å². The van der Waals surface area contributed by atoms with Crippen molar-refractivity contribution in [3.8, 4) is 5.75 Å². The van der Waals surface area contributed by atoms with Gasteiger partial charge in [-0.15, -0.1) is 0 Å². The van der Waals surface area contributed by atoms with Gasteiger partial charge in [-0.3, -0.25) is 0 Å². The summed E-state index contributed by atoms with van der Waals surface area (Å²) in [6, 6.07) is 23.0. The Morgan fingerprint density at radius 2 is 1.81 bits per heavy atom. The third-order valence-corrected chi connectivity index (χ3v) is 5.40. The minimum absolute atomic E-state index is 0.0930. The van der Waals surface area contributed by atoms with Crippen molar-refractivity contribution >= 4 is 17.3 Å². The normalized spacial score (nSPS) is 15.9. The quantitative estimate of drug-likeness (QED) is 0.697. The second kappa shape index (κ2) is 7.84. The van der Waals surface area contributed by atoms with Crippen LogP contribution in [0.1, 0.15) is 22.9 Å². The van der Waals surface area contributed by atoms with Crippen molar-refractivity contribution in [3.63, 3.8) is 0 Å². The first-order valence-electron chi connectivity index (χ1n) is 9.13. The Hall–Kier alpha value is -2.79. The molecule has 0 amide bonds. The second-order valence-electron chi connectivity index (χ2n) is 6.64. The summed E-state index contributed by atoms with van der Waals surface area (Å²) < 4.78 is 7.63. The molecule has 4 rings (SSSR count). The van der Waals surface area contributed by atoms with E-state index >= 15 is 0 Å². The zero-order chi connectivity index (χ0) is 18.6. The van der Waals surface area contributed by atoms with Crippen molar-refractivity contribution in [1.82, 2.24) is 14.8 Å². The SMILES string of the molecule is COc1ccc([C@H]2c3cccn3CCN2C(=S)NCc2ccccc2)cc1. The highest BCUT2D eigenvalue weighted by atomic mass is 32.1. The van der Waals surface area contributed by atoms with Crippen LogP contribution in [0.15, 0.2) is 72.9 Å². The number of methoxy groups -OCH3 is 1. The fourth-order valence-electron chi connectivity index (χ4n) is 3.61. The Balaban J connectivity index is 1.59. The highest BCUT2D eigenvalue weighted by Gasteiger charge is 2.30. The van der Waals surface area contributed by atoms with E-state index in [1.807, 2.05) is 30.3 Å². The van der Waals surface area contributed by atoms with E-state index in [2.05, 4.69) is 57.4 Å². The summed E-state index contributed by atoms with van der Waals surface area (Å²) in [7, 11) is 1.69. The van der Waals surface area contributed by atoms with Gasteiger partial charge < -0.3 is 19.5 Å². The third-order valence-electron chi connectivity index (χ3n) is 5.02. The predicted octanol–water partition coefficient (Wildman–Crippen LogP) is 3.98. The van der Waals surface area contributed by atoms with E-state index in [-0.39, 0.29) is 6.04 Å². The smallest absolute Gasteiger partial charge is 0.170 e. The maximum Gasteiger partial charge on any atom is 0.170 e. The fourth-order valence-corrected chi connectivity index (χ4v) is 3.88. The lowest BCUT2D eigenvalue weighted by Crippen LogP contribution is -2.46. The van der Waals surface area contributed by atoms with Gasteiger partial charge in [-0.2, -0.15) is 0 Å². The van der Waals surface area contributed by atoms with Crippen LogP contribution in [0.3, 0.4) is 0 Å². The molecule has 2 aromatic carbocycles. The summed E-state index contributed by atoms with van der Waals surface area (Å²) in [4.78, 5) is 2.29. The molecule has 3 aromatic rings. The molecule has 0 bridgehead atoms. The van der Waals surface area contributed by atoms with E-state index in [0.717, 1.165) is 30.5 Å². The van der Waals surface area contributed by atoms with E-state index in [0.29, 0.717) is 0 Å². The average Bonchev–Trinajstić information content (AvgIpc) is 3.21. The molecule has 4 nitrogen and oxygen atoms in total. The molecular formula is C22H23N3OS. The van der Waals surface area contributed by atoms with Crippen LogP contribution < -0.4 is 10.1 Å². The molecule has 0 spiro atoms. The zero-order valence-corrected chi connectivity index (χ0v) is 16.2. The Kier molecular flexibility index (Phi) is 5.12. The largest absolute Gasteiger partial charge is 0.497 e. The minimum atomic E-state index is 0.0930. The van der Waals surface area contributed by atoms with Crippen LogP contribution >= 0.6 is 12.2 Å². The summed E-state index contributed by atoms with van der Waals surface area (Å²) in [5.74, 6) is 0.862. The van der Waals surface area contributed by atoms with E-state index in [1.54, 1.807) is 7.11 Å².